The van der Waals surface area contributed by atoms with Crippen LogP contribution in [0.15, 0.2) is 34.9 Å². The minimum absolute atomic E-state index is 0.224. The quantitative estimate of drug-likeness (QED) is 0.803. The molecule has 8 heteroatoms. The first-order valence-electron chi connectivity index (χ1n) is 7.86. The van der Waals surface area contributed by atoms with Crippen molar-refractivity contribution < 1.29 is 9.18 Å². The molecule has 2 N–H and O–H groups in total. The van der Waals surface area contributed by atoms with E-state index in [1.54, 1.807) is 23.0 Å². The number of hydrogen-bond acceptors (Lipinski definition) is 4. The van der Waals surface area contributed by atoms with E-state index in [4.69, 9.17) is 0 Å². The summed E-state index contributed by atoms with van der Waals surface area (Å²) in [6, 6.07) is 5.94. The molecule has 24 heavy (non-hydrogen) atoms. The van der Waals surface area contributed by atoms with Gasteiger partial charge in [0.1, 0.15) is 5.82 Å². The van der Waals surface area contributed by atoms with Gasteiger partial charge in [-0.3, -0.25) is 9.69 Å². The van der Waals surface area contributed by atoms with Gasteiger partial charge in [-0.2, -0.15) is 5.10 Å². The molecule has 0 bridgehead atoms. The summed E-state index contributed by atoms with van der Waals surface area (Å²) in [7, 11) is 0. The fourth-order valence-corrected chi connectivity index (χ4v) is 3.03. The molecule has 0 saturated carbocycles. The van der Waals surface area contributed by atoms with Crippen molar-refractivity contribution in [3.8, 4) is 5.69 Å². The summed E-state index contributed by atoms with van der Waals surface area (Å²) in [5.41, 5.74) is 1.01. The van der Waals surface area contributed by atoms with Crippen molar-refractivity contribution in [1.82, 2.24) is 25.3 Å². The van der Waals surface area contributed by atoms with Crippen LogP contribution >= 0.6 is 15.9 Å². The summed E-state index contributed by atoms with van der Waals surface area (Å²) < 4.78 is 15.2. The molecule has 3 rings (SSSR count). The van der Waals surface area contributed by atoms with E-state index in [0.717, 1.165) is 32.7 Å². The van der Waals surface area contributed by atoms with Gasteiger partial charge in [0.25, 0.3) is 5.91 Å². The number of nitrogens with zero attached hydrogens (tertiary/aromatic N) is 3. The first kappa shape index (κ1) is 17.1. The van der Waals surface area contributed by atoms with Crippen molar-refractivity contribution in [2.45, 2.75) is 0 Å². The van der Waals surface area contributed by atoms with Crippen molar-refractivity contribution in [2.75, 3.05) is 39.3 Å². The Balaban J connectivity index is 1.59. The number of aromatic nitrogens is 2. The van der Waals surface area contributed by atoms with Gasteiger partial charge < -0.3 is 10.6 Å². The first-order valence-corrected chi connectivity index (χ1v) is 8.65. The van der Waals surface area contributed by atoms with Crippen LogP contribution in [-0.4, -0.2) is 59.9 Å². The third kappa shape index (κ3) is 4.19. The first-order chi connectivity index (χ1) is 11.6. The number of carbonyl (C=O) groups is 1. The number of hydrogen-bond donors (Lipinski definition) is 2. The molecule has 1 aromatic carbocycles. The van der Waals surface area contributed by atoms with Gasteiger partial charge in [-0.05, 0) is 40.2 Å². The Kier molecular flexibility index (Phi) is 5.60. The van der Waals surface area contributed by atoms with Crippen LogP contribution in [0.5, 0.6) is 0 Å². The van der Waals surface area contributed by atoms with Crippen molar-refractivity contribution in [3.05, 3.63) is 46.4 Å². The van der Waals surface area contributed by atoms with E-state index >= 15 is 0 Å². The normalized spacial score (nSPS) is 15.4. The maximum absolute atomic E-state index is 13.0. The Morgan fingerprint density at radius 3 is 2.71 bits per heavy atom. The van der Waals surface area contributed by atoms with E-state index < -0.39 is 0 Å². The summed E-state index contributed by atoms with van der Waals surface area (Å²) in [4.78, 5) is 14.6. The maximum Gasteiger partial charge on any atom is 0.273 e. The molecular weight excluding hydrogens is 377 g/mol. The van der Waals surface area contributed by atoms with Gasteiger partial charge in [-0.25, -0.2) is 9.07 Å². The van der Waals surface area contributed by atoms with Crippen LogP contribution in [-0.2, 0) is 0 Å². The van der Waals surface area contributed by atoms with E-state index in [1.807, 2.05) is 0 Å². The minimum Gasteiger partial charge on any atom is -0.349 e. The van der Waals surface area contributed by atoms with Crippen LogP contribution in [0.1, 0.15) is 10.5 Å². The Labute approximate surface area is 148 Å². The molecule has 0 radical (unpaired) electrons. The van der Waals surface area contributed by atoms with Gasteiger partial charge in [0.2, 0.25) is 0 Å². The summed E-state index contributed by atoms with van der Waals surface area (Å²) in [6.07, 6.45) is 1.69. The summed E-state index contributed by atoms with van der Waals surface area (Å²) in [5, 5.41) is 10.5. The van der Waals surface area contributed by atoms with Gasteiger partial charge in [-0.1, -0.05) is 0 Å². The topological polar surface area (TPSA) is 62.2 Å². The van der Waals surface area contributed by atoms with Gasteiger partial charge in [-0.15, -0.1) is 0 Å². The molecule has 1 fully saturated rings. The molecule has 0 spiro atoms. The van der Waals surface area contributed by atoms with Crippen molar-refractivity contribution >= 4 is 21.8 Å². The second kappa shape index (κ2) is 7.87. The highest BCUT2D eigenvalue weighted by atomic mass is 79.9. The summed E-state index contributed by atoms with van der Waals surface area (Å²) >= 11 is 3.36. The molecule has 6 nitrogen and oxygen atoms in total. The molecule has 1 aromatic heterocycles. The zero-order chi connectivity index (χ0) is 16.9. The number of benzene rings is 1. The van der Waals surface area contributed by atoms with Crippen LogP contribution in [0.2, 0.25) is 0 Å². The Morgan fingerprint density at radius 2 is 2.00 bits per heavy atom. The lowest BCUT2D eigenvalue weighted by Gasteiger charge is -2.26. The second-order valence-electron chi connectivity index (χ2n) is 5.59. The molecule has 0 aliphatic carbocycles. The van der Waals surface area contributed by atoms with E-state index in [-0.39, 0.29) is 11.7 Å². The number of carbonyl (C=O) groups excluding carboxylic acids is 1. The summed E-state index contributed by atoms with van der Waals surface area (Å²) in [5.74, 6) is -0.534. The molecule has 0 unspecified atom stereocenters. The fourth-order valence-electron chi connectivity index (χ4n) is 2.58. The van der Waals surface area contributed by atoms with Gasteiger partial charge in [0.15, 0.2) is 5.69 Å². The lowest BCUT2D eigenvalue weighted by molar-refractivity contribution is 0.0941. The molecule has 1 aliphatic rings. The zero-order valence-corrected chi connectivity index (χ0v) is 14.7. The highest BCUT2D eigenvalue weighted by Gasteiger charge is 2.16. The molecule has 0 atom stereocenters. The maximum atomic E-state index is 13.0. The Hall–Kier alpha value is -1.77. The lowest BCUT2D eigenvalue weighted by Crippen LogP contribution is -2.46. The van der Waals surface area contributed by atoms with Gasteiger partial charge in [0.05, 0.1) is 10.2 Å². The van der Waals surface area contributed by atoms with Gasteiger partial charge >= 0.3 is 0 Å². The average Bonchev–Trinajstić information content (AvgIpc) is 2.98. The number of nitrogens with one attached hydrogen (secondary N) is 2. The van der Waals surface area contributed by atoms with E-state index in [0.29, 0.717) is 22.4 Å². The molecular formula is C16H19BrFN5O. The van der Waals surface area contributed by atoms with Crippen LogP contribution in [0.25, 0.3) is 5.69 Å². The number of piperazine rings is 1. The predicted octanol–water partition coefficient (Wildman–Crippen LogP) is 1.41. The van der Waals surface area contributed by atoms with Crippen molar-refractivity contribution in [3.63, 3.8) is 0 Å². The Morgan fingerprint density at radius 1 is 1.29 bits per heavy atom. The molecule has 1 amide bonds. The van der Waals surface area contributed by atoms with Crippen LogP contribution in [0.3, 0.4) is 0 Å². The highest BCUT2D eigenvalue weighted by Crippen LogP contribution is 2.18. The number of rotatable bonds is 5. The monoisotopic (exact) mass is 395 g/mol. The van der Waals surface area contributed by atoms with E-state index in [9.17, 15) is 9.18 Å². The van der Waals surface area contributed by atoms with Gasteiger partial charge in [0, 0.05) is 45.5 Å². The standard InChI is InChI=1S/C16H19BrFN5O/c17-14-11-23(13-3-1-12(18)2-4-13)21-15(14)16(24)20-7-10-22-8-5-19-6-9-22/h1-4,11,19H,5-10H2,(H,20,24). The average molecular weight is 396 g/mol. The Bertz CT molecular complexity index is 697. The lowest BCUT2D eigenvalue weighted by atomic mass is 10.3. The highest BCUT2D eigenvalue weighted by molar-refractivity contribution is 9.10. The number of amides is 1. The van der Waals surface area contributed by atoms with Crippen LogP contribution in [0.4, 0.5) is 4.39 Å². The minimum atomic E-state index is -0.309. The van der Waals surface area contributed by atoms with Crippen LogP contribution < -0.4 is 10.6 Å². The fraction of sp³-hybridized carbons (Fsp3) is 0.375. The largest absolute Gasteiger partial charge is 0.349 e. The third-order valence-electron chi connectivity index (χ3n) is 3.90. The molecule has 128 valence electrons. The molecule has 1 saturated heterocycles. The molecule has 1 aliphatic heterocycles. The third-order valence-corrected chi connectivity index (χ3v) is 4.48. The second-order valence-corrected chi connectivity index (χ2v) is 6.45. The zero-order valence-electron chi connectivity index (χ0n) is 13.1. The van der Waals surface area contributed by atoms with Crippen molar-refractivity contribution in [2.24, 2.45) is 0 Å². The van der Waals surface area contributed by atoms with E-state index in [1.165, 1.54) is 12.1 Å². The molecule has 2 heterocycles. The van der Waals surface area contributed by atoms with Crippen molar-refractivity contribution in [1.29, 1.82) is 0 Å². The van der Waals surface area contributed by atoms with E-state index in [2.05, 4.69) is 36.6 Å². The predicted molar refractivity (Wildman–Crippen MR) is 92.9 cm³/mol. The smallest absolute Gasteiger partial charge is 0.273 e. The van der Waals surface area contributed by atoms with Crippen LogP contribution in [0, 0.1) is 5.82 Å². The molecule has 2 aromatic rings. The summed E-state index contributed by atoms with van der Waals surface area (Å²) in [6.45, 7) is 5.37. The number of halogens is 2. The SMILES string of the molecule is O=C(NCCN1CCNCC1)c1nn(-c2ccc(F)cc2)cc1Br.